The van der Waals surface area contributed by atoms with Gasteiger partial charge in [0.1, 0.15) is 11.1 Å². The van der Waals surface area contributed by atoms with Crippen molar-refractivity contribution in [2.45, 2.75) is 0 Å². The number of fused-ring (bicyclic) bond motifs is 6. The first-order valence-electron chi connectivity index (χ1n) is 10.6. The minimum absolute atomic E-state index is 0.563. The van der Waals surface area contributed by atoms with Crippen LogP contribution in [-0.2, 0) is 0 Å². The van der Waals surface area contributed by atoms with Gasteiger partial charge < -0.3 is 8.98 Å². The summed E-state index contributed by atoms with van der Waals surface area (Å²) in [6, 6.07) is 33.5. The van der Waals surface area contributed by atoms with Crippen molar-refractivity contribution in [3.8, 4) is 16.9 Å². The summed E-state index contributed by atoms with van der Waals surface area (Å²) in [7, 11) is 0. The predicted octanol–water partition coefficient (Wildman–Crippen LogP) is 7.14. The molecule has 0 unspecified atom stereocenters. The fourth-order valence-corrected chi connectivity index (χ4v) is 4.63. The van der Waals surface area contributed by atoms with E-state index in [2.05, 4.69) is 82.3 Å². The molecule has 0 amide bonds. The maximum absolute atomic E-state index is 5.84. The van der Waals surface area contributed by atoms with E-state index in [1.165, 1.54) is 21.8 Å². The maximum Gasteiger partial charge on any atom is 0.246 e. The second kappa shape index (κ2) is 6.53. The van der Waals surface area contributed by atoms with Crippen LogP contribution in [0.4, 0.5) is 0 Å². The molecule has 3 aromatic heterocycles. The zero-order valence-electron chi connectivity index (χ0n) is 17.1. The lowest BCUT2D eigenvalue weighted by Gasteiger charge is -2.10. The van der Waals surface area contributed by atoms with Gasteiger partial charge in [-0.2, -0.15) is 0 Å². The van der Waals surface area contributed by atoms with E-state index in [-0.39, 0.29) is 0 Å². The average molecular weight is 411 g/mol. The molecule has 0 N–H and O–H groups in total. The van der Waals surface area contributed by atoms with Crippen LogP contribution >= 0.6 is 0 Å². The summed E-state index contributed by atoms with van der Waals surface area (Å²) in [5, 5.41) is 3.48. The van der Waals surface area contributed by atoms with E-state index >= 15 is 0 Å². The number of benzene rings is 4. The number of aromatic nitrogens is 3. The smallest absolute Gasteiger partial charge is 0.246 e. The molecule has 4 nitrogen and oxygen atoms in total. The van der Waals surface area contributed by atoms with Gasteiger partial charge in [-0.05, 0) is 36.4 Å². The summed E-state index contributed by atoms with van der Waals surface area (Å²) in [6.45, 7) is 0. The molecule has 0 aliphatic heterocycles. The van der Waals surface area contributed by atoms with Crippen molar-refractivity contribution >= 4 is 44.0 Å². The number of hydrogen-bond acceptors (Lipinski definition) is 3. The fourth-order valence-electron chi connectivity index (χ4n) is 4.63. The monoisotopic (exact) mass is 411 g/mol. The van der Waals surface area contributed by atoms with Gasteiger partial charge in [-0.25, -0.2) is 9.97 Å². The Kier molecular flexibility index (Phi) is 3.52. The lowest BCUT2D eigenvalue weighted by Crippen LogP contribution is -1.95. The van der Waals surface area contributed by atoms with E-state index in [0.29, 0.717) is 5.71 Å². The van der Waals surface area contributed by atoms with Gasteiger partial charge in [-0.15, -0.1) is 0 Å². The molecule has 4 aromatic carbocycles. The van der Waals surface area contributed by atoms with Crippen molar-refractivity contribution in [3.05, 3.63) is 103 Å². The molecule has 3 heterocycles. The molecule has 0 saturated heterocycles. The highest BCUT2D eigenvalue weighted by Crippen LogP contribution is 2.33. The molecule has 0 aliphatic rings. The molecule has 32 heavy (non-hydrogen) atoms. The van der Waals surface area contributed by atoms with Crippen molar-refractivity contribution in [2.75, 3.05) is 0 Å². The molecule has 0 spiro atoms. The van der Waals surface area contributed by atoms with E-state index in [4.69, 9.17) is 9.40 Å². The summed E-state index contributed by atoms with van der Waals surface area (Å²) in [5.41, 5.74) is 7.48. The minimum atomic E-state index is 0.563. The van der Waals surface area contributed by atoms with Crippen LogP contribution in [0.1, 0.15) is 0 Å². The Balaban J connectivity index is 1.45. The second-order valence-electron chi connectivity index (χ2n) is 7.93. The van der Waals surface area contributed by atoms with E-state index in [1.807, 2.05) is 24.3 Å². The van der Waals surface area contributed by atoms with Gasteiger partial charge in [0.2, 0.25) is 5.71 Å². The molecule has 4 heteroatoms. The predicted molar refractivity (Wildman–Crippen MR) is 129 cm³/mol. The summed E-state index contributed by atoms with van der Waals surface area (Å²) in [5.74, 6) is 0. The van der Waals surface area contributed by atoms with Gasteiger partial charge in [-0.1, -0.05) is 60.7 Å². The molecule has 0 fully saturated rings. The van der Waals surface area contributed by atoms with Crippen LogP contribution in [0.3, 0.4) is 0 Å². The SMILES string of the molecule is c1cc(-c2cnc3oc4ccccc4c3n2)cc(-n2c3ccccc3c3ccccc32)c1. The fraction of sp³-hybridized carbons (Fsp3) is 0. The summed E-state index contributed by atoms with van der Waals surface area (Å²) in [4.78, 5) is 9.47. The van der Waals surface area contributed by atoms with E-state index < -0.39 is 0 Å². The summed E-state index contributed by atoms with van der Waals surface area (Å²) < 4.78 is 8.16. The van der Waals surface area contributed by atoms with Crippen molar-refractivity contribution in [1.29, 1.82) is 0 Å². The molecular formula is C28H17N3O. The van der Waals surface area contributed by atoms with E-state index in [1.54, 1.807) is 6.20 Å². The van der Waals surface area contributed by atoms with Crippen LogP contribution in [0, 0.1) is 0 Å². The maximum atomic E-state index is 5.84. The van der Waals surface area contributed by atoms with Crippen molar-refractivity contribution < 1.29 is 4.42 Å². The third-order valence-corrected chi connectivity index (χ3v) is 6.07. The minimum Gasteiger partial charge on any atom is -0.436 e. The summed E-state index contributed by atoms with van der Waals surface area (Å²) in [6.07, 6.45) is 1.79. The number of hydrogen-bond donors (Lipinski definition) is 0. The summed E-state index contributed by atoms with van der Waals surface area (Å²) >= 11 is 0. The third kappa shape index (κ3) is 2.44. The topological polar surface area (TPSA) is 43.9 Å². The van der Waals surface area contributed by atoms with Crippen LogP contribution in [0.15, 0.2) is 108 Å². The standard InChI is InChI=1S/C28H17N3O/c1-4-13-24-20(10-1)21-11-2-5-14-25(21)31(24)19-9-7-8-18(16-19)23-17-29-28-27(30-23)22-12-3-6-15-26(22)32-28/h1-17H. The van der Waals surface area contributed by atoms with Gasteiger partial charge in [0.15, 0.2) is 0 Å². The lowest BCUT2D eigenvalue weighted by molar-refractivity contribution is 0.653. The number of para-hydroxylation sites is 3. The number of furan rings is 1. The first-order valence-corrected chi connectivity index (χ1v) is 10.6. The van der Waals surface area contributed by atoms with Gasteiger partial charge >= 0.3 is 0 Å². The molecule has 0 aliphatic carbocycles. The molecule has 0 radical (unpaired) electrons. The van der Waals surface area contributed by atoms with Gasteiger partial charge in [0.05, 0.1) is 22.9 Å². The zero-order valence-corrected chi connectivity index (χ0v) is 17.1. The van der Waals surface area contributed by atoms with Gasteiger partial charge in [0, 0.05) is 27.4 Å². The Morgan fingerprint density at radius 1 is 0.656 bits per heavy atom. The second-order valence-corrected chi connectivity index (χ2v) is 7.93. The molecular weight excluding hydrogens is 394 g/mol. The molecule has 0 bridgehead atoms. The highest BCUT2D eigenvalue weighted by molar-refractivity contribution is 6.09. The van der Waals surface area contributed by atoms with Crippen LogP contribution in [0.25, 0.3) is 61.0 Å². The van der Waals surface area contributed by atoms with Gasteiger partial charge in [-0.3, -0.25) is 0 Å². The van der Waals surface area contributed by atoms with Crippen molar-refractivity contribution in [1.82, 2.24) is 14.5 Å². The molecule has 0 saturated carbocycles. The normalized spacial score (nSPS) is 11.8. The average Bonchev–Trinajstić information content (AvgIpc) is 3.39. The molecule has 7 aromatic rings. The highest BCUT2D eigenvalue weighted by Gasteiger charge is 2.14. The van der Waals surface area contributed by atoms with Gasteiger partial charge in [0.25, 0.3) is 0 Å². The molecule has 0 atom stereocenters. The largest absolute Gasteiger partial charge is 0.436 e. The molecule has 7 rings (SSSR count). The third-order valence-electron chi connectivity index (χ3n) is 6.07. The number of rotatable bonds is 2. The Labute approximate surface area is 183 Å². The Bertz CT molecular complexity index is 1740. The van der Waals surface area contributed by atoms with E-state index in [0.717, 1.165) is 33.4 Å². The number of nitrogens with zero attached hydrogens (tertiary/aromatic N) is 3. The van der Waals surface area contributed by atoms with Crippen molar-refractivity contribution in [2.24, 2.45) is 0 Å². The van der Waals surface area contributed by atoms with E-state index in [9.17, 15) is 0 Å². The lowest BCUT2D eigenvalue weighted by atomic mass is 10.1. The highest BCUT2D eigenvalue weighted by atomic mass is 16.3. The van der Waals surface area contributed by atoms with Crippen LogP contribution in [-0.4, -0.2) is 14.5 Å². The Morgan fingerprint density at radius 2 is 1.34 bits per heavy atom. The van der Waals surface area contributed by atoms with Crippen molar-refractivity contribution in [3.63, 3.8) is 0 Å². The van der Waals surface area contributed by atoms with Crippen LogP contribution in [0.5, 0.6) is 0 Å². The first kappa shape index (κ1) is 17.3. The molecule has 150 valence electrons. The Hall–Kier alpha value is -4.44. The zero-order chi connectivity index (χ0) is 21.1. The van der Waals surface area contributed by atoms with Crippen LogP contribution < -0.4 is 0 Å². The Morgan fingerprint density at radius 3 is 2.12 bits per heavy atom. The first-order chi connectivity index (χ1) is 15.9. The van der Waals surface area contributed by atoms with Crippen LogP contribution in [0.2, 0.25) is 0 Å². The quantitative estimate of drug-likeness (QED) is 0.304.